The summed E-state index contributed by atoms with van der Waals surface area (Å²) in [5, 5.41) is 4.31. The fourth-order valence-electron chi connectivity index (χ4n) is 1.71. The second-order valence-corrected chi connectivity index (χ2v) is 5.03. The first kappa shape index (κ1) is 14.8. The Balaban J connectivity index is 2.15. The van der Waals surface area contributed by atoms with Gasteiger partial charge in [0, 0.05) is 5.02 Å². The first-order valence-electron chi connectivity index (χ1n) is 5.91. The van der Waals surface area contributed by atoms with Crippen molar-refractivity contribution in [2.24, 2.45) is 0 Å². The Morgan fingerprint density at radius 2 is 2.05 bits per heavy atom. The minimum absolute atomic E-state index is 0.161. The van der Waals surface area contributed by atoms with Crippen molar-refractivity contribution >= 4 is 34.9 Å². The van der Waals surface area contributed by atoms with E-state index >= 15 is 0 Å². The standard InChI is InChI=1S/C14H13Cl2NO3/c1-8(12-5-6-13(20-12)14(18)19-2)17-11-7-9(15)3-4-10(11)16/h3-8,17H,1-2H3. The van der Waals surface area contributed by atoms with E-state index in [-0.39, 0.29) is 11.8 Å². The lowest BCUT2D eigenvalue weighted by atomic mass is 10.2. The van der Waals surface area contributed by atoms with Gasteiger partial charge in [-0.2, -0.15) is 0 Å². The highest BCUT2D eigenvalue weighted by Crippen LogP contribution is 2.29. The van der Waals surface area contributed by atoms with Crippen LogP contribution in [0.5, 0.6) is 0 Å². The van der Waals surface area contributed by atoms with Crippen molar-refractivity contribution in [2.75, 3.05) is 12.4 Å². The summed E-state index contributed by atoms with van der Waals surface area (Å²) >= 11 is 12.0. The molecule has 1 aromatic carbocycles. The van der Waals surface area contributed by atoms with Gasteiger partial charge in [-0.3, -0.25) is 0 Å². The van der Waals surface area contributed by atoms with Gasteiger partial charge in [0.25, 0.3) is 0 Å². The van der Waals surface area contributed by atoms with Crippen molar-refractivity contribution in [3.05, 3.63) is 51.9 Å². The third kappa shape index (κ3) is 3.26. The van der Waals surface area contributed by atoms with Crippen molar-refractivity contribution in [2.45, 2.75) is 13.0 Å². The maximum Gasteiger partial charge on any atom is 0.373 e. The number of halogens is 2. The molecule has 1 heterocycles. The number of rotatable bonds is 4. The maximum atomic E-state index is 11.3. The van der Waals surface area contributed by atoms with Crippen LogP contribution in [0.4, 0.5) is 5.69 Å². The molecule has 0 saturated heterocycles. The van der Waals surface area contributed by atoms with Crippen molar-refractivity contribution in [3.8, 4) is 0 Å². The summed E-state index contributed by atoms with van der Waals surface area (Å²) in [6.45, 7) is 1.89. The fraction of sp³-hybridized carbons (Fsp3) is 0.214. The molecule has 20 heavy (non-hydrogen) atoms. The zero-order valence-corrected chi connectivity index (χ0v) is 12.5. The first-order chi connectivity index (χ1) is 9.51. The van der Waals surface area contributed by atoms with E-state index in [9.17, 15) is 4.79 Å². The zero-order valence-electron chi connectivity index (χ0n) is 10.9. The summed E-state index contributed by atoms with van der Waals surface area (Å²) < 4.78 is 10.0. The molecule has 0 spiro atoms. The topological polar surface area (TPSA) is 51.5 Å². The first-order valence-corrected chi connectivity index (χ1v) is 6.66. The number of esters is 1. The predicted octanol–water partition coefficient (Wildman–Crippen LogP) is 4.55. The molecule has 2 rings (SSSR count). The van der Waals surface area contributed by atoms with E-state index in [1.54, 1.807) is 30.3 Å². The third-order valence-corrected chi connectivity index (χ3v) is 3.31. The maximum absolute atomic E-state index is 11.3. The molecular formula is C14H13Cl2NO3. The second-order valence-electron chi connectivity index (χ2n) is 4.18. The van der Waals surface area contributed by atoms with Gasteiger partial charge in [0.1, 0.15) is 5.76 Å². The zero-order chi connectivity index (χ0) is 14.7. The number of hydrogen-bond acceptors (Lipinski definition) is 4. The molecule has 1 N–H and O–H groups in total. The Labute approximate surface area is 126 Å². The monoisotopic (exact) mass is 313 g/mol. The van der Waals surface area contributed by atoms with Crippen LogP contribution in [-0.2, 0) is 4.74 Å². The van der Waals surface area contributed by atoms with Crippen molar-refractivity contribution in [1.29, 1.82) is 0 Å². The van der Waals surface area contributed by atoms with Gasteiger partial charge in [0.15, 0.2) is 0 Å². The normalized spacial score (nSPS) is 12.0. The highest BCUT2D eigenvalue weighted by molar-refractivity contribution is 6.35. The Morgan fingerprint density at radius 1 is 1.30 bits per heavy atom. The number of carbonyl (C=O) groups excluding carboxylic acids is 1. The molecule has 106 valence electrons. The van der Waals surface area contributed by atoms with Gasteiger partial charge >= 0.3 is 5.97 Å². The molecule has 0 radical (unpaired) electrons. The molecule has 6 heteroatoms. The van der Waals surface area contributed by atoms with E-state index in [0.29, 0.717) is 21.5 Å². The summed E-state index contributed by atoms with van der Waals surface area (Å²) in [5.74, 6) is 0.249. The fourth-order valence-corrected chi connectivity index (χ4v) is 2.05. The van der Waals surface area contributed by atoms with E-state index in [1.807, 2.05) is 6.92 Å². The lowest BCUT2D eigenvalue weighted by Crippen LogP contribution is -2.06. The molecule has 1 unspecified atom stereocenters. The van der Waals surface area contributed by atoms with Crippen molar-refractivity contribution < 1.29 is 13.9 Å². The van der Waals surface area contributed by atoms with E-state index < -0.39 is 5.97 Å². The van der Waals surface area contributed by atoms with Gasteiger partial charge in [-0.15, -0.1) is 0 Å². The van der Waals surface area contributed by atoms with Crippen LogP contribution in [0.1, 0.15) is 29.3 Å². The number of furan rings is 1. The Morgan fingerprint density at radius 3 is 2.75 bits per heavy atom. The van der Waals surface area contributed by atoms with Crippen LogP contribution in [0.25, 0.3) is 0 Å². The summed E-state index contributed by atoms with van der Waals surface area (Å²) in [7, 11) is 1.30. The van der Waals surface area contributed by atoms with Crippen LogP contribution < -0.4 is 5.32 Å². The highest BCUT2D eigenvalue weighted by Gasteiger charge is 2.16. The summed E-state index contributed by atoms with van der Waals surface area (Å²) in [6, 6.07) is 8.25. The Hall–Kier alpha value is -1.65. The third-order valence-electron chi connectivity index (χ3n) is 2.74. The van der Waals surface area contributed by atoms with Crippen LogP contribution in [0.3, 0.4) is 0 Å². The molecule has 0 fully saturated rings. The van der Waals surface area contributed by atoms with E-state index in [2.05, 4.69) is 10.1 Å². The highest BCUT2D eigenvalue weighted by atomic mass is 35.5. The number of benzene rings is 1. The lowest BCUT2D eigenvalue weighted by Gasteiger charge is -2.14. The quantitative estimate of drug-likeness (QED) is 0.841. The predicted molar refractivity (Wildman–Crippen MR) is 78.5 cm³/mol. The van der Waals surface area contributed by atoms with Gasteiger partial charge < -0.3 is 14.5 Å². The van der Waals surface area contributed by atoms with Crippen molar-refractivity contribution in [1.82, 2.24) is 0 Å². The van der Waals surface area contributed by atoms with E-state index in [4.69, 9.17) is 27.6 Å². The molecule has 2 aromatic rings. The average molecular weight is 314 g/mol. The van der Waals surface area contributed by atoms with Gasteiger partial charge in [0.05, 0.1) is 23.9 Å². The molecule has 0 bridgehead atoms. The lowest BCUT2D eigenvalue weighted by molar-refractivity contribution is 0.0562. The van der Waals surface area contributed by atoms with E-state index in [1.165, 1.54) is 7.11 Å². The van der Waals surface area contributed by atoms with Crippen LogP contribution in [0, 0.1) is 0 Å². The SMILES string of the molecule is COC(=O)c1ccc(C(C)Nc2cc(Cl)ccc2Cl)o1. The summed E-state index contributed by atoms with van der Waals surface area (Å²) in [5.41, 5.74) is 0.697. The number of methoxy groups -OCH3 is 1. The largest absolute Gasteiger partial charge is 0.463 e. The number of hydrogen-bond donors (Lipinski definition) is 1. The molecule has 1 aromatic heterocycles. The number of anilines is 1. The summed E-state index contributed by atoms with van der Waals surface area (Å²) in [4.78, 5) is 11.3. The number of ether oxygens (including phenoxy) is 1. The minimum Gasteiger partial charge on any atom is -0.463 e. The van der Waals surface area contributed by atoms with Crippen molar-refractivity contribution in [3.63, 3.8) is 0 Å². The van der Waals surface area contributed by atoms with Gasteiger partial charge in [0.2, 0.25) is 5.76 Å². The molecule has 0 aliphatic carbocycles. The van der Waals surface area contributed by atoms with E-state index in [0.717, 1.165) is 0 Å². The Kier molecular flexibility index (Phi) is 4.57. The molecule has 0 aliphatic rings. The van der Waals surface area contributed by atoms with Crippen LogP contribution in [0.15, 0.2) is 34.7 Å². The van der Waals surface area contributed by atoms with Crippen LogP contribution >= 0.6 is 23.2 Å². The molecule has 0 amide bonds. The number of nitrogens with one attached hydrogen (secondary N) is 1. The molecule has 0 saturated carbocycles. The molecule has 4 nitrogen and oxygen atoms in total. The van der Waals surface area contributed by atoms with Crippen LogP contribution in [0.2, 0.25) is 10.0 Å². The van der Waals surface area contributed by atoms with Gasteiger partial charge in [-0.1, -0.05) is 23.2 Å². The second kappa shape index (κ2) is 6.20. The Bertz CT molecular complexity index is 625. The average Bonchev–Trinajstić information content (AvgIpc) is 2.91. The van der Waals surface area contributed by atoms with Gasteiger partial charge in [-0.25, -0.2) is 4.79 Å². The molecule has 0 aliphatic heterocycles. The minimum atomic E-state index is -0.510. The molecule has 1 atom stereocenters. The van der Waals surface area contributed by atoms with Crippen LogP contribution in [-0.4, -0.2) is 13.1 Å². The smallest absolute Gasteiger partial charge is 0.373 e. The summed E-state index contributed by atoms with van der Waals surface area (Å²) in [6.07, 6.45) is 0. The van der Waals surface area contributed by atoms with Gasteiger partial charge in [-0.05, 0) is 37.3 Å². The number of carbonyl (C=O) groups is 1. The molecular weight excluding hydrogens is 301 g/mol.